The van der Waals surface area contributed by atoms with Gasteiger partial charge >= 0.3 is 0 Å². The Bertz CT molecular complexity index is 345. The molecule has 3 heteroatoms. The fraction of sp³-hybridized carbons (Fsp3) is 0.462. The van der Waals surface area contributed by atoms with Crippen LogP contribution in [0, 0.1) is 5.92 Å². The monoisotopic (exact) mass is 220 g/mol. The lowest BCUT2D eigenvalue weighted by Gasteiger charge is -2.06. The van der Waals surface area contributed by atoms with E-state index in [2.05, 4.69) is 0 Å². The fourth-order valence-corrected chi connectivity index (χ4v) is 1.80. The number of carbonyl (C=O) groups excluding carboxylic acids is 1. The van der Waals surface area contributed by atoms with Gasteiger partial charge in [-0.15, -0.1) is 0 Å². The highest BCUT2D eigenvalue weighted by atomic mass is 16.5. The number of benzene rings is 1. The van der Waals surface area contributed by atoms with Gasteiger partial charge in [0.15, 0.2) is 0 Å². The lowest BCUT2D eigenvalue weighted by atomic mass is 10.1. The molecule has 0 spiro atoms. The molecule has 0 radical (unpaired) electrons. The molecule has 1 fully saturated rings. The molecule has 2 atom stereocenters. The van der Waals surface area contributed by atoms with Crippen LogP contribution in [-0.2, 0) is 9.53 Å². The predicted octanol–water partition coefficient (Wildman–Crippen LogP) is 2.01. The average Bonchev–Trinajstić information content (AvgIpc) is 3.10. The summed E-state index contributed by atoms with van der Waals surface area (Å²) in [5.74, 6) is 1.52. The number of rotatable bonds is 6. The molecule has 1 aromatic rings. The van der Waals surface area contributed by atoms with Gasteiger partial charge in [0.25, 0.3) is 0 Å². The lowest BCUT2D eigenvalue weighted by molar-refractivity contribution is -0.108. The third-order valence-corrected chi connectivity index (χ3v) is 2.88. The largest absolute Gasteiger partial charge is 0.491 e. The summed E-state index contributed by atoms with van der Waals surface area (Å²) in [6, 6.07) is 7.98. The van der Waals surface area contributed by atoms with Crippen molar-refractivity contribution < 1.29 is 14.3 Å². The summed E-state index contributed by atoms with van der Waals surface area (Å²) in [4.78, 5) is 10.6. The van der Waals surface area contributed by atoms with Crippen molar-refractivity contribution >= 4 is 6.29 Å². The Balaban J connectivity index is 1.87. The molecule has 2 unspecified atom stereocenters. The second-order valence-electron chi connectivity index (χ2n) is 4.05. The zero-order chi connectivity index (χ0) is 11.4. The molecule has 1 aliphatic carbocycles. The Morgan fingerprint density at radius 1 is 1.31 bits per heavy atom. The SMILES string of the molecule is COCCOc1ccc(C2CC2C=O)cc1. The van der Waals surface area contributed by atoms with Crippen LogP contribution in [0.3, 0.4) is 0 Å². The van der Waals surface area contributed by atoms with E-state index in [0.29, 0.717) is 19.1 Å². The normalized spacial score (nSPS) is 22.8. The van der Waals surface area contributed by atoms with Gasteiger partial charge in [0, 0.05) is 13.0 Å². The molecule has 1 saturated carbocycles. The van der Waals surface area contributed by atoms with Crippen LogP contribution in [0.2, 0.25) is 0 Å². The minimum absolute atomic E-state index is 0.236. The zero-order valence-electron chi connectivity index (χ0n) is 9.39. The molecular formula is C13H16O3. The maximum Gasteiger partial charge on any atom is 0.123 e. The topological polar surface area (TPSA) is 35.5 Å². The zero-order valence-corrected chi connectivity index (χ0v) is 9.39. The third-order valence-electron chi connectivity index (χ3n) is 2.88. The molecule has 3 nitrogen and oxygen atoms in total. The summed E-state index contributed by atoms with van der Waals surface area (Å²) in [5.41, 5.74) is 1.23. The van der Waals surface area contributed by atoms with Gasteiger partial charge in [-0.3, -0.25) is 0 Å². The summed E-state index contributed by atoms with van der Waals surface area (Å²) < 4.78 is 10.4. The number of hydrogen-bond donors (Lipinski definition) is 0. The third kappa shape index (κ3) is 2.61. The molecule has 16 heavy (non-hydrogen) atoms. The van der Waals surface area contributed by atoms with Gasteiger partial charge in [-0.1, -0.05) is 12.1 Å². The van der Waals surface area contributed by atoms with E-state index in [1.54, 1.807) is 7.11 Å². The number of methoxy groups -OCH3 is 1. The molecule has 0 amide bonds. The van der Waals surface area contributed by atoms with Gasteiger partial charge < -0.3 is 14.3 Å². The quantitative estimate of drug-likeness (QED) is 0.543. The van der Waals surface area contributed by atoms with Crippen LogP contribution in [0.4, 0.5) is 0 Å². The van der Waals surface area contributed by atoms with Crippen molar-refractivity contribution in [2.75, 3.05) is 20.3 Å². The summed E-state index contributed by atoms with van der Waals surface area (Å²) in [5, 5.41) is 0. The molecule has 0 N–H and O–H groups in total. The smallest absolute Gasteiger partial charge is 0.123 e. The second-order valence-corrected chi connectivity index (χ2v) is 4.05. The molecule has 0 saturated heterocycles. The van der Waals surface area contributed by atoms with Crippen LogP contribution >= 0.6 is 0 Å². The van der Waals surface area contributed by atoms with E-state index in [-0.39, 0.29) is 5.92 Å². The Labute approximate surface area is 95.4 Å². The minimum atomic E-state index is 0.236. The van der Waals surface area contributed by atoms with Gasteiger partial charge in [0.1, 0.15) is 18.6 Å². The predicted molar refractivity (Wildman–Crippen MR) is 60.7 cm³/mol. The Morgan fingerprint density at radius 3 is 2.62 bits per heavy atom. The molecule has 0 aliphatic heterocycles. The van der Waals surface area contributed by atoms with Crippen molar-refractivity contribution in [2.24, 2.45) is 5.92 Å². The molecule has 86 valence electrons. The number of carbonyl (C=O) groups is 1. The van der Waals surface area contributed by atoms with Crippen LogP contribution in [0.15, 0.2) is 24.3 Å². The van der Waals surface area contributed by atoms with E-state index >= 15 is 0 Å². The minimum Gasteiger partial charge on any atom is -0.491 e. The van der Waals surface area contributed by atoms with Crippen LogP contribution in [0.25, 0.3) is 0 Å². The fourth-order valence-electron chi connectivity index (χ4n) is 1.80. The average molecular weight is 220 g/mol. The van der Waals surface area contributed by atoms with Crippen molar-refractivity contribution in [3.05, 3.63) is 29.8 Å². The van der Waals surface area contributed by atoms with Gasteiger partial charge in [-0.25, -0.2) is 0 Å². The van der Waals surface area contributed by atoms with Gasteiger partial charge in [0.2, 0.25) is 0 Å². The first-order valence-corrected chi connectivity index (χ1v) is 5.52. The lowest BCUT2D eigenvalue weighted by Crippen LogP contribution is -2.04. The van der Waals surface area contributed by atoms with E-state index in [4.69, 9.17) is 9.47 Å². The second kappa shape index (κ2) is 5.12. The highest BCUT2D eigenvalue weighted by Gasteiger charge is 2.37. The molecule has 0 heterocycles. The molecule has 1 aliphatic rings. The first kappa shape index (κ1) is 11.1. The van der Waals surface area contributed by atoms with E-state index < -0.39 is 0 Å². The highest BCUT2D eigenvalue weighted by molar-refractivity contribution is 5.61. The molecule has 0 aromatic heterocycles. The molecule has 1 aromatic carbocycles. The summed E-state index contributed by atoms with van der Waals surface area (Å²) in [7, 11) is 1.65. The standard InChI is InChI=1S/C13H16O3/c1-15-6-7-16-12-4-2-10(3-5-12)13-8-11(13)9-14/h2-5,9,11,13H,6-8H2,1H3. The van der Waals surface area contributed by atoms with Gasteiger partial charge in [-0.2, -0.15) is 0 Å². The first-order chi connectivity index (χ1) is 7.85. The Hall–Kier alpha value is -1.35. The molecule has 0 bridgehead atoms. The number of ether oxygens (including phenoxy) is 2. The van der Waals surface area contributed by atoms with Crippen molar-refractivity contribution in [1.82, 2.24) is 0 Å². The highest BCUT2D eigenvalue weighted by Crippen LogP contribution is 2.46. The van der Waals surface area contributed by atoms with Crippen LogP contribution in [0.1, 0.15) is 17.9 Å². The first-order valence-electron chi connectivity index (χ1n) is 5.52. The van der Waals surface area contributed by atoms with Gasteiger partial charge in [-0.05, 0) is 30.0 Å². The van der Waals surface area contributed by atoms with Gasteiger partial charge in [0.05, 0.1) is 6.61 Å². The Kier molecular flexibility index (Phi) is 3.57. The Morgan fingerprint density at radius 2 is 2.06 bits per heavy atom. The van der Waals surface area contributed by atoms with Crippen LogP contribution < -0.4 is 4.74 Å². The number of hydrogen-bond acceptors (Lipinski definition) is 3. The van der Waals surface area contributed by atoms with E-state index in [1.165, 1.54) is 5.56 Å². The van der Waals surface area contributed by atoms with Crippen LogP contribution in [-0.4, -0.2) is 26.6 Å². The van der Waals surface area contributed by atoms with Crippen molar-refractivity contribution in [2.45, 2.75) is 12.3 Å². The number of aldehydes is 1. The molecule has 2 rings (SSSR count). The van der Waals surface area contributed by atoms with Crippen LogP contribution in [0.5, 0.6) is 5.75 Å². The van der Waals surface area contributed by atoms with E-state index in [1.807, 2.05) is 24.3 Å². The van der Waals surface area contributed by atoms with Crippen molar-refractivity contribution in [3.8, 4) is 5.75 Å². The summed E-state index contributed by atoms with van der Waals surface area (Å²) in [6.07, 6.45) is 2.04. The summed E-state index contributed by atoms with van der Waals surface area (Å²) >= 11 is 0. The summed E-state index contributed by atoms with van der Waals surface area (Å²) in [6.45, 7) is 1.16. The van der Waals surface area contributed by atoms with Crippen molar-refractivity contribution in [3.63, 3.8) is 0 Å². The van der Waals surface area contributed by atoms with Crippen molar-refractivity contribution in [1.29, 1.82) is 0 Å². The van der Waals surface area contributed by atoms with E-state index in [0.717, 1.165) is 18.5 Å². The maximum atomic E-state index is 10.6. The van der Waals surface area contributed by atoms with E-state index in [9.17, 15) is 4.79 Å². The maximum absolute atomic E-state index is 10.6. The molecular weight excluding hydrogens is 204 g/mol.